The zero-order valence-corrected chi connectivity index (χ0v) is 18.9. The predicted molar refractivity (Wildman–Crippen MR) is 115 cm³/mol. The van der Waals surface area contributed by atoms with E-state index in [4.69, 9.17) is 5.21 Å². The number of hydrogen-bond donors (Lipinski definition) is 3. The summed E-state index contributed by atoms with van der Waals surface area (Å²) in [6.45, 7) is 2.34. The lowest BCUT2D eigenvalue weighted by Gasteiger charge is -2.42. The van der Waals surface area contributed by atoms with E-state index in [2.05, 4.69) is 23.7 Å². The number of carbonyl (C=O) groups is 2. The normalized spacial score (nSPS) is 22.0. The smallest absolute Gasteiger partial charge is 0.328 e. The van der Waals surface area contributed by atoms with Crippen molar-refractivity contribution in [3.05, 3.63) is 23.5 Å². The van der Waals surface area contributed by atoms with Gasteiger partial charge in [-0.15, -0.1) is 0 Å². The Morgan fingerprint density at radius 2 is 2.09 bits per heavy atom. The fourth-order valence-corrected chi connectivity index (χ4v) is 4.62. The predicted octanol–water partition coefficient (Wildman–Crippen LogP) is -0.752. The number of nitrogens with one attached hydrogen (secondary N) is 1. The Labute approximate surface area is 187 Å². The number of rotatable bonds is 6. The maximum absolute atomic E-state index is 12.7. The molecule has 11 heteroatoms. The second-order valence-electron chi connectivity index (χ2n) is 8.30. The molecule has 2 amide bonds. The van der Waals surface area contributed by atoms with Gasteiger partial charge in [0.25, 0.3) is 5.91 Å². The van der Waals surface area contributed by atoms with E-state index in [0.29, 0.717) is 11.3 Å². The first-order valence-corrected chi connectivity index (χ1v) is 11.9. The van der Waals surface area contributed by atoms with Crippen LogP contribution in [0.5, 0.6) is 0 Å². The van der Waals surface area contributed by atoms with E-state index < -0.39 is 20.5 Å². The van der Waals surface area contributed by atoms with Gasteiger partial charge >= 0.3 is 6.03 Å². The number of nitrogens with zero attached hydrogens (tertiary/aromatic N) is 3. The molecule has 0 aromatic carbocycles. The summed E-state index contributed by atoms with van der Waals surface area (Å²) in [6.07, 6.45) is 2.34. The third kappa shape index (κ3) is 4.38. The van der Waals surface area contributed by atoms with Crippen LogP contribution in [0.2, 0.25) is 0 Å². The maximum atomic E-state index is 12.7. The molecule has 0 bridgehead atoms. The Morgan fingerprint density at radius 3 is 2.66 bits per heavy atom. The molecule has 1 aromatic heterocycles. The number of sulfone groups is 1. The van der Waals surface area contributed by atoms with E-state index in [9.17, 15) is 23.1 Å². The maximum Gasteiger partial charge on any atom is 0.328 e. The Kier molecular flexibility index (Phi) is 6.67. The molecule has 3 heterocycles. The average Bonchev–Trinajstić information content (AvgIpc) is 3.25. The van der Waals surface area contributed by atoms with Gasteiger partial charge in [0.05, 0.1) is 19.1 Å². The minimum absolute atomic E-state index is 0.0197. The molecule has 32 heavy (non-hydrogen) atoms. The number of amides is 2. The van der Waals surface area contributed by atoms with Crippen LogP contribution in [0.4, 0.5) is 4.79 Å². The van der Waals surface area contributed by atoms with Crippen LogP contribution in [0.1, 0.15) is 24.6 Å². The molecule has 1 saturated heterocycles. The minimum atomic E-state index is -3.84. The number of aliphatic hydroxyl groups excluding tert-OH is 1. The lowest BCUT2D eigenvalue weighted by atomic mass is 9.90. The van der Waals surface area contributed by atoms with Gasteiger partial charge in [0.1, 0.15) is 0 Å². The minimum Gasteiger partial charge on any atom is -0.395 e. The van der Waals surface area contributed by atoms with Crippen LogP contribution < -0.4 is 5.48 Å². The van der Waals surface area contributed by atoms with Crippen molar-refractivity contribution in [3.8, 4) is 23.7 Å². The lowest BCUT2D eigenvalue weighted by molar-refractivity contribution is -0.131. The Balaban J connectivity index is 1.63. The molecular formula is C21H26N4O6S. The number of likely N-dealkylation sites (tertiary alicyclic amines) is 1. The Bertz CT molecular complexity index is 1150. The summed E-state index contributed by atoms with van der Waals surface area (Å²) in [5.41, 5.74) is 2.72. The summed E-state index contributed by atoms with van der Waals surface area (Å²) in [5.74, 6) is 10.6. The van der Waals surface area contributed by atoms with Crippen molar-refractivity contribution in [1.29, 1.82) is 0 Å². The number of hydrogen-bond acceptors (Lipinski definition) is 7. The average molecular weight is 463 g/mol. The van der Waals surface area contributed by atoms with Crippen LogP contribution in [0, 0.1) is 29.6 Å². The molecule has 3 rings (SSSR count). The number of aromatic nitrogens is 1. The summed E-state index contributed by atoms with van der Waals surface area (Å²) in [5, 5.41) is 18.2. The third-order valence-corrected chi connectivity index (χ3v) is 8.24. The molecule has 1 fully saturated rings. The zero-order chi connectivity index (χ0) is 23.7. The fourth-order valence-electron chi connectivity index (χ4n) is 3.78. The molecule has 0 spiro atoms. The number of fused-ring (bicyclic) bond motifs is 1. The quantitative estimate of drug-likeness (QED) is 0.288. The molecule has 0 radical (unpaired) electrons. The molecule has 3 atom stereocenters. The summed E-state index contributed by atoms with van der Waals surface area (Å²) in [4.78, 5) is 28.1. The molecule has 1 unspecified atom stereocenters. The number of carbonyl (C=O) groups excluding carboxylic acids is 2. The standard InChI is InChI=1S/C21H26N4O6S/c1-21(19(27)22-29,32(3,30)31)8-9-24-13-17-10-15(11-25(17)20(24)28)6-4-5-7-16-12-23(2)18(16)14-26/h10-11,16,18,26,29H,8-9,12-14H2,1-3H3,(H,22,27)/t16-,18+,21?/m0/s1. The summed E-state index contributed by atoms with van der Waals surface area (Å²) in [6, 6.07) is 1.46. The molecular weight excluding hydrogens is 436 g/mol. The monoisotopic (exact) mass is 462 g/mol. The van der Waals surface area contributed by atoms with Crippen molar-refractivity contribution in [1.82, 2.24) is 19.8 Å². The summed E-state index contributed by atoms with van der Waals surface area (Å²) >= 11 is 0. The molecule has 2 aliphatic rings. The van der Waals surface area contributed by atoms with Gasteiger partial charge in [-0.2, -0.15) is 0 Å². The molecule has 0 saturated carbocycles. The van der Waals surface area contributed by atoms with Gasteiger partial charge in [0.15, 0.2) is 14.6 Å². The van der Waals surface area contributed by atoms with Crippen LogP contribution >= 0.6 is 0 Å². The van der Waals surface area contributed by atoms with Crippen molar-refractivity contribution < 1.29 is 28.3 Å². The summed E-state index contributed by atoms with van der Waals surface area (Å²) in [7, 11) is -1.91. The first-order chi connectivity index (χ1) is 15.0. The first-order valence-electron chi connectivity index (χ1n) is 9.99. The van der Waals surface area contributed by atoms with Crippen LogP contribution in [0.3, 0.4) is 0 Å². The van der Waals surface area contributed by atoms with Crippen LogP contribution in [-0.4, -0.2) is 88.8 Å². The SMILES string of the molecule is CN1C[C@H](C#CC#Cc2cc3n(c2)C(=O)N(CCC(C)(C(=O)NO)S(C)(=O)=O)C3)[C@H]1CO. The highest BCUT2D eigenvalue weighted by atomic mass is 32.2. The van der Waals surface area contributed by atoms with Gasteiger partial charge in [0.2, 0.25) is 0 Å². The number of aliphatic hydroxyl groups is 1. The Hall–Kier alpha value is -2.83. The lowest BCUT2D eigenvalue weighted by Crippen LogP contribution is -2.55. The van der Waals surface area contributed by atoms with E-state index in [1.54, 1.807) is 12.3 Å². The van der Waals surface area contributed by atoms with Gasteiger partial charge in [-0.1, -0.05) is 11.8 Å². The van der Waals surface area contributed by atoms with Crippen molar-refractivity contribution in [2.75, 3.05) is 33.0 Å². The van der Waals surface area contributed by atoms with E-state index in [1.165, 1.54) is 21.9 Å². The van der Waals surface area contributed by atoms with Crippen molar-refractivity contribution in [3.63, 3.8) is 0 Å². The van der Waals surface area contributed by atoms with Crippen LogP contribution in [0.15, 0.2) is 12.3 Å². The van der Waals surface area contributed by atoms with Crippen molar-refractivity contribution >= 4 is 21.8 Å². The van der Waals surface area contributed by atoms with E-state index in [1.807, 2.05) is 11.9 Å². The van der Waals surface area contributed by atoms with Crippen LogP contribution in [0.25, 0.3) is 0 Å². The van der Waals surface area contributed by atoms with Gasteiger partial charge in [-0.05, 0) is 38.3 Å². The number of likely N-dealkylation sites (N-methyl/N-ethyl adjacent to an activating group) is 1. The molecule has 1 aromatic rings. The third-order valence-electron chi connectivity index (χ3n) is 6.22. The second kappa shape index (κ2) is 8.96. The second-order valence-corrected chi connectivity index (χ2v) is 10.7. The molecule has 0 aliphatic carbocycles. The van der Waals surface area contributed by atoms with Gasteiger partial charge in [-0.3, -0.25) is 19.5 Å². The summed E-state index contributed by atoms with van der Waals surface area (Å²) < 4.78 is 23.7. The van der Waals surface area contributed by atoms with E-state index >= 15 is 0 Å². The highest BCUT2D eigenvalue weighted by molar-refractivity contribution is 7.92. The van der Waals surface area contributed by atoms with Crippen LogP contribution in [-0.2, 0) is 21.2 Å². The van der Waals surface area contributed by atoms with Crippen molar-refractivity contribution in [2.24, 2.45) is 5.92 Å². The molecule has 172 valence electrons. The Morgan fingerprint density at radius 1 is 1.38 bits per heavy atom. The van der Waals surface area contributed by atoms with Gasteiger partial charge in [-0.25, -0.2) is 18.7 Å². The van der Waals surface area contributed by atoms with Crippen molar-refractivity contribution in [2.45, 2.75) is 30.7 Å². The van der Waals surface area contributed by atoms with E-state index in [0.717, 1.165) is 12.8 Å². The molecule has 2 aliphatic heterocycles. The topological polar surface area (TPSA) is 132 Å². The zero-order valence-electron chi connectivity index (χ0n) is 18.1. The first kappa shape index (κ1) is 23.8. The fraction of sp³-hybridized carbons (Fsp3) is 0.524. The largest absolute Gasteiger partial charge is 0.395 e. The molecule has 3 N–H and O–H groups in total. The highest BCUT2D eigenvalue weighted by Crippen LogP contribution is 2.25. The molecule has 10 nitrogen and oxygen atoms in total. The van der Waals surface area contributed by atoms with Gasteiger partial charge in [0, 0.05) is 42.8 Å². The number of hydroxylamine groups is 1. The highest BCUT2D eigenvalue weighted by Gasteiger charge is 2.44. The van der Waals surface area contributed by atoms with Gasteiger partial charge < -0.3 is 10.0 Å². The van der Waals surface area contributed by atoms with E-state index in [-0.39, 0.29) is 44.1 Å².